The lowest BCUT2D eigenvalue weighted by Gasteiger charge is -2.27. The smallest absolute Gasteiger partial charge is 0.129 e. The quantitative estimate of drug-likeness (QED) is 0.677. The standard InChI is InChI=1S/C12H19IN2/c1-11-9-12(14-10-13-11)15-7-5-3-2-4-6-8-15/h9-10H,2-8H2,1H3. The van der Waals surface area contributed by atoms with Gasteiger partial charge < -0.3 is 4.90 Å². The van der Waals surface area contributed by atoms with Gasteiger partial charge in [-0.05, 0) is 29.4 Å². The Morgan fingerprint density at radius 1 is 1.13 bits per heavy atom. The van der Waals surface area contributed by atoms with Crippen LogP contribution < -0.4 is 0 Å². The van der Waals surface area contributed by atoms with Crippen LogP contribution in [0, 0.1) is 0 Å². The molecule has 0 unspecified atom stereocenters. The second-order valence-electron chi connectivity index (χ2n) is 4.18. The molecule has 0 aliphatic carbocycles. The first-order valence-electron chi connectivity index (χ1n) is 5.82. The summed E-state index contributed by atoms with van der Waals surface area (Å²) in [6, 6.07) is 0. The molecule has 0 radical (unpaired) electrons. The van der Waals surface area contributed by atoms with Crippen LogP contribution in [0.2, 0.25) is 0 Å². The van der Waals surface area contributed by atoms with Crippen molar-refractivity contribution in [1.29, 1.82) is 0 Å². The Hall–Kier alpha value is -0.190. The topological polar surface area (TPSA) is 15.6 Å². The van der Waals surface area contributed by atoms with Crippen LogP contribution in [-0.4, -0.2) is 25.7 Å². The molecule has 1 fully saturated rings. The molecule has 2 aliphatic rings. The number of hydrogen-bond donors (Lipinski definition) is 0. The van der Waals surface area contributed by atoms with Crippen LogP contribution in [0.3, 0.4) is 0 Å². The summed E-state index contributed by atoms with van der Waals surface area (Å²) in [6.07, 6.45) is 9.18. The number of hydrogen-bond acceptors (Lipinski definition) is 2. The van der Waals surface area contributed by atoms with E-state index in [2.05, 4.69) is 27.1 Å². The molecular formula is C12H19IN2. The van der Waals surface area contributed by atoms with Gasteiger partial charge in [-0.3, -0.25) is 0 Å². The van der Waals surface area contributed by atoms with E-state index in [0.717, 1.165) is 0 Å². The van der Waals surface area contributed by atoms with Crippen molar-refractivity contribution in [2.75, 3.05) is 13.1 Å². The van der Waals surface area contributed by atoms with E-state index < -0.39 is 0 Å². The van der Waals surface area contributed by atoms with Crippen molar-refractivity contribution in [3.8, 4) is 0 Å². The van der Waals surface area contributed by atoms with Gasteiger partial charge in [0.1, 0.15) is 5.82 Å². The maximum Gasteiger partial charge on any atom is 0.129 e. The average molecular weight is 318 g/mol. The third-order valence-electron chi connectivity index (χ3n) is 2.91. The van der Waals surface area contributed by atoms with Crippen LogP contribution in [-0.2, 0) is 0 Å². The predicted molar refractivity (Wildman–Crippen MR) is 75.9 cm³/mol. The Morgan fingerprint density at radius 2 is 1.80 bits per heavy atom. The highest BCUT2D eigenvalue weighted by Crippen LogP contribution is 2.18. The van der Waals surface area contributed by atoms with E-state index >= 15 is 0 Å². The van der Waals surface area contributed by atoms with Gasteiger partial charge in [0.05, 0.1) is 4.22 Å². The number of nitrogens with zero attached hydrogens (tertiary/aromatic N) is 2. The Labute approximate surface area is 102 Å². The molecule has 2 heterocycles. The highest BCUT2D eigenvalue weighted by molar-refractivity contribution is 14.2. The first-order valence-corrected chi connectivity index (χ1v) is 8.15. The zero-order valence-electron chi connectivity index (χ0n) is 9.38. The number of likely N-dealkylation sites (tertiary alicyclic amines) is 1. The fraction of sp³-hybridized carbons (Fsp3) is 0.667. The molecule has 0 atom stereocenters. The molecule has 0 saturated carbocycles. The summed E-state index contributed by atoms with van der Waals surface area (Å²) in [5.41, 5.74) is 0. The van der Waals surface area contributed by atoms with E-state index in [4.69, 9.17) is 0 Å². The van der Waals surface area contributed by atoms with E-state index in [9.17, 15) is 0 Å². The van der Waals surface area contributed by atoms with Gasteiger partial charge in [0.2, 0.25) is 0 Å². The van der Waals surface area contributed by atoms with Crippen molar-refractivity contribution in [3.05, 3.63) is 11.9 Å². The number of allylic oxidation sites excluding steroid dienone is 1. The molecule has 15 heavy (non-hydrogen) atoms. The lowest BCUT2D eigenvalue weighted by atomic mass is 10.1. The van der Waals surface area contributed by atoms with Gasteiger partial charge in [0.15, 0.2) is 0 Å². The van der Waals surface area contributed by atoms with E-state index in [1.54, 1.807) is 3.51 Å². The molecule has 0 N–H and O–H groups in total. The Kier molecular flexibility index (Phi) is 4.35. The van der Waals surface area contributed by atoms with E-state index in [1.165, 1.54) is 51.0 Å². The fourth-order valence-electron chi connectivity index (χ4n) is 2.05. The zero-order chi connectivity index (χ0) is 10.5. The van der Waals surface area contributed by atoms with Gasteiger partial charge in [-0.25, -0.2) is 4.99 Å². The van der Waals surface area contributed by atoms with Gasteiger partial charge in [0, 0.05) is 13.1 Å². The van der Waals surface area contributed by atoms with Gasteiger partial charge >= 0.3 is 0 Å². The molecule has 0 aromatic heterocycles. The van der Waals surface area contributed by atoms with Crippen LogP contribution in [0.1, 0.15) is 39.0 Å². The molecule has 0 spiro atoms. The highest BCUT2D eigenvalue weighted by Gasteiger charge is 2.11. The van der Waals surface area contributed by atoms with Gasteiger partial charge in [-0.15, -0.1) is 0 Å². The van der Waals surface area contributed by atoms with Crippen molar-refractivity contribution >= 4 is 28.5 Å². The summed E-state index contributed by atoms with van der Waals surface area (Å²) >= 11 is 0.112. The second-order valence-corrected chi connectivity index (χ2v) is 7.06. The predicted octanol–water partition coefficient (Wildman–Crippen LogP) is 3.30. The molecular weight excluding hydrogens is 299 g/mol. The maximum absolute atomic E-state index is 4.57. The molecule has 3 heteroatoms. The first-order chi connectivity index (χ1) is 7.36. The van der Waals surface area contributed by atoms with Crippen LogP contribution in [0.25, 0.3) is 0 Å². The third-order valence-corrected chi connectivity index (χ3v) is 4.76. The monoisotopic (exact) mass is 318 g/mol. The lowest BCUT2D eigenvalue weighted by Crippen LogP contribution is -2.26. The molecule has 0 aromatic rings. The summed E-state index contributed by atoms with van der Waals surface area (Å²) in [6.45, 7) is 4.64. The van der Waals surface area contributed by atoms with E-state index in [1.807, 2.05) is 0 Å². The minimum atomic E-state index is 0.112. The molecule has 2 nitrogen and oxygen atoms in total. The van der Waals surface area contributed by atoms with Gasteiger partial charge in [-0.1, -0.05) is 40.0 Å². The molecule has 2 aliphatic heterocycles. The highest BCUT2D eigenvalue weighted by atomic mass is 127. The van der Waals surface area contributed by atoms with Crippen molar-refractivity contribution < 1.29 is 0 Å². The average Bonchev–Trinajstić information content (AvgIpc) is 2.16. The second kappa shape index (κ2) is 5.77. The molecule has 2 rings (SSSR count). The van der Waals surface area contributed by atoms with Gasteiger partial charge in [0.25, 0.3) is 0 Å². The summed E-state index contributed by atoms with van der Waals surface area (Å²) in [5, 5.41) is 0. The van der Waals surface area contributed by atoms with Crippen LogP contribution >= 0.6 is 20.7 Å². The van der Waals surface area contributed by atoms with Crippen molar-refractivity contribution in [3.63, 3.8) is 0 Å². The maximum atomic E-state index is 4.57. The van der Waals surface area contributed by atoms with E-state index in [-0.39, 0.29) is 20.7 Å². The zero-order valence-corrected chi connectivity index (χ0v) is 11.5. The first kappa shape index (κ1) is 11.3. The molecule has 1 saturated heterocycles. The van der Waals surface area contributed by atoms with Crippen LogP contribution in [0.4, 0.5) is 0 Å². The normalized spacial score (nSPS) is 23.4. The van der Waals surface area contributed by atoms with Crippen LogP contribution in [0.5, 0.6) is 0 Å². The molecule has 84 valence electrons. The van der Waals surface area contributed by atoms with Crippen molar-refractivity contribution in [1.82, 2.24) is 4.90 Å². The van der Waals surface area contributed by atoms with E-state index in [0.29, 0.717) is 0 Å². The number of rotatable bonds is 1. The number of halogens is 1. The minimum absolute atomic E-state index is 0.112. The Balaban J connectivity index is 2.02. The summed E-state index contributed by atoms with van der Waals surface area (Å²) in [5.74, 6) is 1.22. The third kappa shape index (κ3) is 3.40. The molecule has 0 aromatic carbocycles. The Morgan fingerprint density at radius 3 is 2.47 bits per heavy atom. The summed E-state index contributed by atoms with van der Waals surface area (Å²) in [7, 11) is 0. The lowest BCUT2D eigenvalue weighted by molar-refractivity contribution is 0.304. The SMILES string of the molecule is CC1=IC=NC(N2CCCCCCC2)=C1. The molecule has 0 amide bonds. The summed E-state index contributed by atoms with van der Waals surface area (Å²) < 4.78 is 3.70. The largest absolute Gasteiger partial charge is 0.357 e. The number of aliphatic imine (C=N–C) groups is 1. The van der Waals surface area contributed by atoms with Crippen molar-refractivity contribution in [2.45, 2.75) is 39.0 Å². The van der Waals surface area contributed by atoms with Crippen LogP contribution in [0.15, 0.2) is 16.9 Å². The minimum Gasteiger partial charge on any atom is -0.357 e. The van der Waals surface area contributed by atoms with Gasteiger partial charge in [-0.2, -0.15) is 0 Å². The Bertz CT molecular complexity index is 297. The fourth-order valence-corrected chi connectivity index (χ4v) is 3.37. The van der Waals surface area contributed by atoms with Crippen molar-refractivity contribution in [2.24, 2.45) is 4.99 Å². The molecule has 0 bridgehead atoms. The summed E-state index contributed by atoms with van der Waals surface area (Å²) in [4.78, 5) is 7.04.